The standard InChI is InChI=1S/C9H9BrF2/c1-2-6-5-7(9(11)12)3-4-8(6)10/h3-5,9H,2H2,1H3. The maximum absolute atomic E-state index is 12.2. The average Bonchev–Trinajstić information content (AvgIpc) is 2.05. The highest BCUT2D eigenvalue weighted by atomic mass is 79.9. The van der Waals surface area contributed by atoms with Gasteiger partial charge in [-0.2, -0.15) is 0 Å². The van der Waals surface area contributed by atoms with Crippen molar-refractivity contribution in [3.8, 4) is 0 Å². The van der Waals surface area contributed by atoms with Crippen molar-refractivity contribution in [1.82, 2.24) is 0 Å². The van der Waals surface area contributed by atoms with Gasteiger partial charge in [0.05, 0.1) is 0 Å². The Morgan fingerprint density at radius 1 is 1.42 bits per heavy atom. The largest absolute Gasteiger partial charge is 0.263 e. The van der Waals surface area contributed by atoms with Crippen LogP contribution in [0, 0.1) is 0 Å². The molecule has 0 unspecified atom stereocenters. The molecular weight excluding hydrogens is 226 g/mol. The van der Waals surface area contributed by atoms with Gasteiger partial charge < -0.3 is 0 Å². The summed E-state index contributed by atoms with van der Waals surface area (Å²) in [5.74, 6) is 0. The summed E-state index contributed by atoms with van der Waals surface area (Å²) in [6.45, 7) is 1.94. The molecule has 0 atom stereocenters. The summed E-state index contributed by atoms with van der Waals surface area (Å²) in [7, 11) is 0. The Balaban J connectivity index is 3.05. The molecule has 0 aliphatic heterocycles. The van der Waals surface area contributed by atoms with Gasteiger partial charge in [0.25, 0.3) is 6.43 Å². The van der Waals surface area contributed by atoms with Gasteiger partial charge >= 0.3 is 0 Å². The number of aryl methyl sites for hydroxylation is 1. The van der Waals surface area contributed by atoms with Gasteiger partial charge in [0.15, 0.2) is 0 Å². The first kappa shape index (κ1) is 9.65. The second kappa shape index (κ2) is 3.99. The first-order valence-corrected chi connectivity index (χ1v) is 4.51. The summed E-state index contributed by atoms with van der Waals surface area (Å²) in [4.78, 5) is 0. The maximum Gasteiger partial charge on any atom is 0.263 e. The minimum Gasteiger partial charge on any atom is -0.205 e. The van der Waals surface area contributed by atoms with Gasteiger partial charge in [-0.15, -0.1) is 0 Å². The molecule has 1 rings (SSSR count). The van der Waals surface area contributed by atoms with E-state index in [-0.39, 0.29) is 5.56 Å². The predicted molar refractivity (Wildman–Crippen MR) is 48.5 cm³/mol. The van der Waals surface area contributed by atoms with Gasteiger partial charge in [0.2, 0.25) is 0 Å². The average molecular weight is 235 g/mol. The highest BCUT2D eigenvalue weighted by Crippen LogP contribution is 2.24. The lowest BCUT2D eigenvalue weighted by atomic mass is 10.1. The van der Waals surface area contributed by atoms with Crippen LogP contribution in [0.5, 0.6) is 0 Å². The van der Waals surface area contributed by atoms with Crippen molar-refractivity contribution in [2.45, 2.75) is 19.8 Å². The van der Waals surface area contributed by atoms with Gasteiger partial charge in [0.1, 0.15) is 0 Å². The molecular formula is C9H9BrF2. The maximum atomic E-state index is 12.2. The fraction of sp³-hybridized carbons (Fsp3) is 0.333. The molecule has 66 valence electrons. The van der Waals surface area contributed by atoms with Crippen LogP contribution in [0.1, 0.15) is 24.5 Å². The van der Waals surface area contributed by atoms with Crippen LogP contribution in [0.2, 0.25) is 0 Å². The Labute approximate surface area is 78.7 Å². The number of rotatable bonds is 2. The summed E-state index contributed by atoms with van der Waals surface area (Å²) >= 11 is 3.29. The van der Waals surface area contributed by atoms with Crippen LogP contribution in [0.3, 0.4) is 0 Å². The zero-order valence-corrected chi connectivity index (χ0v) is 8.24. The van der Waals surface area contributed by atoms with E-state index >= 15 is 0 Å². The molecule has 1 aromatic carbocycles. The van der Waals surface area contributed by atoms with E-state index in [0.717, 1.165) is 16.5 Å². The van der Waals surface area contributed by atoms with Gasteiger partial charge in [-0.25, -0.2) is 8.78 Å². The molecule has 0 spiro atoms. The second-order valence-electron chi connectivity index (χ2n) is 2.51. The number of alkyl halides is 2. The minimum atomic E-state index is -2.37. The van der Waals surface area contributed by atoms with Gasteiger partial charge in [-0.3, -0.25) is 0 Å². The Morgan fingerprint density at radius 3 is 2.58 bits per heavy atom. The van der Waals surface area contributed by atoms with E-state index < -0.39 is 6.43 Å². The highest BCUT2D eigenvalue weighted by Gasteiger charge is 2.08. The van der Waals surface area contributed by atoms with Crippen molar-refractivity contribution in [2.75, 3.05) is 0 Å². The Bertz CT molecular complexity index is 271. The molecule has 0 fully saturated rings. The molecule has 3 heteroatoms. The summed E-state index contributed by atoms with van der Waals surface area (Å²) in [5, 5.41) is 0. The smallest absolute Gasteiger partial charge is 0.205 e. The van der Waals surface area contributed by atoms with E-state index in [1.807, 2.05) is 6.92 Å². The molecule has 0 bridgehead atoms. The van der Waals surface area contributed by atoms with Crippen molar-refractivity contribution < 1.29 is 8.78 Å². The van der Waals surface area contributed by atoms with Crippen LogP contribution in [0.25, 0.3) is 0 Å². The SMILES string of the molecule is CCc1cc(C(F)F)ccc1Br. The van der Waals surface area contributed by atoms with Crippen LogP contribution >= 0.6 is 15.9 Å². The van der Waals surface area contributed by atoms with E-state index in [4.69, 9.17) is 0 Å². The molecule has 12 heavy (non-hydrogen) atoms. The van der Waals surface area contributed by atoms with Crippen LogP contribution in [0.4, 0.5) is 8.78 Å². The predicted octanol–water partition coefficient (Wildman–Crippen LogP) is 3.95. The molecule has 0 amide bonds. The molecule has 0 aliphatic rings. The van der Waals surface area contributed by atoms with Gasteiger partial charge in [-0.1, -0.05) is 28.9 Å². The first-order chi connectivity index (χ1) is 5.65. The zero-order valence-electron chi connectivity index (χ0n) is 6.65. The van der Waals surface area contributed by atoms with Crippen molar-refractivity contribution in [3.63, 3.8) is 0 Å². The lowest BCUT2D eigenvalue weighted by Crippen LogP contribution is -1.88. The number of hydrogen-bond donors (Lipinski definition) is 0. The Morgan fingerprint density at radius 2 is 2.08 bits per heavy atom. The van der Waals surface area contributed by atoms with E-state index in [2.05, 4.69) is 15.9 Å². The quantitative estimate of drug-likeness (QED) is 0.727. The molecule has 0 radical (unpaired) electrons. The summed E-state index contributed by atoms with van der Waals surface area (Å²) < 4.78 is 25.3. The third-order valence-electron chi connectivity index (χ3n) is 1.70. The lowest BCUT2D eigenvalue weighted by Gasteiger charge is -2.04. The summed E-state index contributed by atoms with van der Waals surface area (Å²) in [6, 6.07) is 4.64. The van der Waals surface area contributed by atoms with E-state index in [1.54, 1.807) is 6.07 Å². The van der Waals surface area contributed by atoms with Crippen molar-refractivity contribution in [3.05, 3.63) is 33.8 Å². The third kappa shape index (κ3) is 2.03. The first-order valence-electron chi connectivity index (χ1n) is 3.71. The summed E-state index contributed by atoms with van der Waals surface area (Å²) in [5.41, 5.74) is 1.02. The fourth-order valence-electron chi connectivity index (χ4n) is 1.00. The van der Waals surface area contributed by atoms with Crippen LogP contribution < -0.4 is 0 Å². The molecule has 0 aliphatic carbocycles. The highest BCUT2D eigenvalue weighted by molar-refractivity contribution is 9.10. The molecule has 0 heterocycles. The molecule has 1 aromatic rings. The van der Waals surface area contributed by atoms with Crippen molar-refractivity contribution in [1.29, 1.82) is 0 Å². The number of hydrogen-bond acceptors (Lipinski definition) is 0. The topological polar surface area (TPSA) is 0 Å². The zero-order chi connectivity index (χ0) is 9.14. The van der Waals surface area contributed by atoms with Gasteiger partial charge in [-0.05, 0) is 24.1 Å². The molecule has 0 aromatic heterocycles. The van der Waals surface area contributed by atoms with Gasteiger partial charge in [0, 0.05) is 10.0 Å². The van der Waals surface area contributed by atoms with Crippen molar-refractivity contribution in [2.24, 2.45) is 0 Å². The molecule has 0 N–H and O–H groups in total. The number of benzene rings is 1. The Kier molecular flexibility index (Phi) is 3.20. The van der Waals surface area contributed by atoms with Crippen LogP contribution in [0.15, 0.2) is 22.7 Å². The van der Waals surface area contributed by atoms with Crippen molar-refractivity contribution >= 4 is 15.9 Å². The summed E-state index contributed by atoms with van der Waals surface area (Å²) in [6.07, 6.45) is -1.61. The molecule has 0 saturated heterocycles. The van der Waals surface area contributed by atoms with Crippen LogP contribution in [-0.4, -0.2) is 0 Å². The third-order valence-corrected chi connectivity index (χ3v) is 2.48. The van der Waals surface area contributed by atoms with E-state index in [0.29, 0.717) is 0 Å². The Hall–Kier alpha value is -0.440. The molecule has 0 saturated carbocycles. The van der Waals surface area contributed by atoms with E-state index in [9.17, 15) is 8.78 Å². The monoisotopic (exact) mass is 234 g/mol. The normalized spacial score (nSPS) is 10.8. The number of halogens is 3. The van der Waals surface area contributed by atoms with Crippen LogP contribution in [-0.2, 0) is 6.42 Å². The lowest BCUT2D eigenvalue weighted by molar-refractivity contribution is 0.151. The minimum absolute atomic E-state index is 0.0926. The second-order valence-corrected chi connectivity index (χ2v) is 3.36. The molecule has 0 nitrogen and oxygen atoms in total. The van der Waals surface area contributed by atoms with E-state index in [1.165, 1.54) is 12.1 Å². The fourth-order valence-corrected chi connectivity index (χ4v) is 1.53.